The number of benzene rings is 1. The van der Waals surface area contributed by atoms with Gasteiger partial charge >= 0.3 is 0 Å². The van der Waals surface area contributed by atoms with Crippen molar-refractivity contribution in [2.75, 3.05) is 30.3 Å². The van der Waals surface area contributed by atoms with Crippen molar-refractivity contribution in [3.8, 4) is 0 Å². The molecule has 1 aromatic carbocycles. The molecule has 1 N–H and O–H groups in total. The summed E-state index contributed by atoms with van der Waals surface area (Å²) in [5, 5.41) is 14.2. The second-order valence-electron chi connectivity index (χ2n) is 6.43. The van der Waals surface area contributed by atoms with Crippen LogP contribution in [0.1, 0.15) is 18.6 Å². The number of para-hydroxylation sites is 2. The maximum atomic E-state index is 12.3. The molecule has 1 amide bonds. The predicted octanol–water partition coefficient (Wildman–Crippen LogP) is 3.45. The Kier molecular flexibility index (Phi) is 6.75. The highest BCUT2D eigenvalue weighted by Crippen LogP contribution is 2.31. The molecule has 1 saturated heterocycles. The van der Waals surface area contributed by atoms with Crippen LogP contribution in [0.4, 0.5) is 11.4 Å². The van der Waals surface area contributed by atoms with Crippen LogP contribution in [0.2, 0.25) is 0 Å². The molecule has 27 heavy (non-hydrogen) atoms. The van der Waals surface area contributed by atoms with Crippen molar-refractivity contribution in [1.82, 2.24) is 5.32 Å². The van der Waals surface area contributed by atoms with Gasteiger partial charge in [-0.05, 0) is 31.0 Å². The van der Waals surface area contributed by atoms with Crippen molar-refractivity contribution < 1.29 is 14.1 Å². The quantitative estimate of drug-likeness (QED) is 0.423. The zero-order valence-electron chi connectivity index (χ0n) is 15.0. The van der Waals surface area contributed by atoms with E-state index in [9.17, 15) is 14.9 Å². The summed E-state index contributed by atoms with van der Waals surface area (Å²) in [6, 6.07) is 10.6. The average molecular weight is 389 g/mol. The van der Waals surface area contributed by atoms with Crippen LogP contribution in [0.15, 0.2) is 47.1 Å². The van der Waals surface area contributed by atoms with Gasteiger partial charge in [-0.15, -0.1) is 0 Å². The van der Waals surface area contributed by atoms with Crippen LogP contribution in [0.3, 0.4) is 0 Å². The van der Waals surface area contributed by atoms with Crippen molar-refractivity contribution in [2.24, 2.45) is 5.92 Å². The molecule has 0 bridgehead atoms. The summed E-state index contributed by atoms with van der Waals surface area (Å²) >= 11 is 1.72. The van der Waals surface area contributed by atoms with Gasteiger partial charge in [0.1, 0.15) is 11.4 Å². The Morgan fingerprint density at radius 3 is 2.74 bits per heavy atom. The fraction of sp³-hybridized carbons (Fsp3) is 0.421. The van der Waals surface area contributed by atoms with Crippen LogP contribution in [-0.2, 0) is 10.5 Å². The maximum Gasteiger partial charge on any atom is 0.292 e. The van der Waals surface area contributed by atoms with Gasteiger partial charge in [-0.2, -0.15) is 11.8 Å². The maximum absolute atomic E-state index is 12.3. The number of hydrogen-bond donors (Lipinski definition) is 1. The third-order valence-corrected chi connectivity index (χ3v) is 5.64. The Bertz CT molecular complexity index is 758. The van der Waals surface area contributed by atoms with E-state index in [1.165, 1.54) is 6.07 Å². The van der Waals surface area contributed by atoms with E-state index in [2.05, 4.69) is 5.32 Å². The van der Waals surface area contributed by atoms with Gasteiger partial charge in [0.2, 0.25) is 5.91 Å². The third-order valence-electron chi connectivity index (χ3n) is 4.65. The minimum atomic E-state index is -0.353. The van der Waals surface area contributed by atoms with Crippen LogP contribution in [0.25, 0.3) is 0 Å². The number of furan rings is 1. The first-order valence-corrected chi connectivity index (χ1v) is 10.2. The molecule has 3 rings (SSSR count). The smallest absolute Gasteiger partial charge is 0.292 e. The molecule has 1 aliphatic rings. The molecule has 1 fully saturated rings. The van der Waals surface area contributed by atoms with Crippen molar-refractivity contribution in [3.05, 3.63) is 58.5 Å². The van der Waals surface area contributed by atoms with Crippen LogP contribution >= 0.6 is 11.8 Å². The molecule has 0 aliphatic carbocycles. The van der Waals surface area contributed by atoms with E-state index in [0.717, 1.165) is 17.3 Å². The highest BCUT2D eigenvalue weighted by atomic mass is 32.2. The summed E-state index contributed by atoms with van der Waals surface area (Å²) in [4.78, 5) is 25.2. The van der Waals surface area contributed by atoms with Crippen LogP contribution < -0.4 is 10.2 Å². The second-order valence-corrected chi connectivity index (χ2v) is 7.54. The van der Waals surface area contributed by atoms with Gasteiger partial charge in [0.05, 0.1) is 16.9 Å². The fourth-order valence-corrected chi connectivity index (χ4v) is 3.98. The minimum absolute atomic E-state index is 0.0286. The average Bonchev–Trinajstić information content (AvgIpc) is 3.21. The summed E-state index contributed by atoms with van der Waals surface area (Å²) in [5.41, 5.74) is 0.754. The normalized spacial score (nSPS) is 14.9. The van der Waals surface area contributed by atoms with Crippen molar-refractivity contribution >= 4 is 29.0 Å². The Labute approximate surface area is 162 Å². The monoisotopic (exact) mass is 389 g/mol. The Morgan fingerprint density at radius 1 is 1.26 bits per heavy atom. The minimum Gasteiger partial charge on any atom is -0.468 e. The summed E-state index contributed by atoms with van der Waals surface area (Å²) in [6.07, 6.45) is 3.07. The standard InChI is InChI=1S/C19H23N3O4S/c23-19(20-9-13-27-14-16-4-3-12-26-16)15-7-10-21(11-8-15)17-5-1-2-6-18(17)22(24)25/h1-6,12,15H,7-11,13-14H2,(H,20,23). The molecular formula is C19H23N3O4S. The first-order valence-electron chi connectivity index (χ1n) is 9.01. The van der Waals surface area contributed by atoms with E-state index in [1.807, 2.05) is 23.1 Å². The highest BCUT2D eigenvalue weighted by Gasteiger charge is 2.27. The van der Waals surface area contributed by atoms with E-state index in [1.54, 1.807) is 30.2 Å². The molecule has 1 aliphatic heterocycles. The molecule has 144 valence electrons. The predicted molar refractivity (Wildman–Crippen MR) is 106 cm³/mol. The molecular weight excluding hydrogens is 366 g/mol. The van der Waals surface area contributed by atoms with Crippen molar-refractivity contribution in [3.63, 3.8) is 0 Å². The van der Waals surface area contributed by atoms with Gasteiger partial charge in [-0.3, -0.25) is 14.9 Å². The Morgan fingerprint density at radius 2 is 2.04 bits per heavy atom. The number of nitrogens with one attached hydrogen (secondary N) is 1. The molecule has 1 aromatic heterocycles. The molecule has 0 saturated carbocycles. The summed E-state index contributed by atoms with van der Waals surface area (Å²) in [6.45, 7) is 1.93. The first kappa shape index (κ1) is 19.3. The van der Waals surface area contributed by atoms with E-state index >= 15 is 0 Å². The lowest BCUT2D eigenvalue weighted by Crippen LogP contribution is -2.41. The topological polar surface area (TPSA) is 88.6 Å². The summed E-state index contributed by atoms with van der Waals surface area (Å²) < 4.78 is 5.27. The number of rotatable bonds is 8. The number of hydrogen-bond acceptors (Lipinski definition) is 6. The lowest BCUT2D eigenvalue weighted by Gasteiger charge is -2.32. The number of piperidine rings is 1. The number of thioether (sulfide) groups is 1. The van der Waals surface area contributed by atoms with Gasteiger partial charge in [-0.25, -0.2) is 0 Å². The molecule has 7 nitrogen and oxygen atoms in total. The number of carbonyl (C=O) groups is 1. The van der Waals surface area contributed by atoms with Gasteiger partial charge in [-0.1, -0.05) is 12.1 Å². The molecule has 0 spiro atoms. The lowest BCUT2D eigenvalue weighted by atomic mass is 9.95. The zero-order valence-corrected chi connectivity index (χ0v) is 15.8. The number of nitro benzene ring substituents is 1. The summed E-state index contributed by atoms with van der Waals surface area (Å²) in [5.74, 6) is 2.63. The lowest BCUT2D eigenvalue weighted by molar-refractivity contribution is -0.384. The molecule has 0 radical (unpaired) electrons. The third kappa shape index (κ3) is 5.26. The highest BCUT2D eigenvalue weighted by molar-refractivity contribution is 7.98. The fourth-order valence-electron chi connectivity index (χ4n) is 3.23. The second kappa shape index (κ2) is 9.45. The van der Waals surface area contributed by atoms with E-state index < -0.39 is 0 Å². The molecule has 0 atom stereocenters. The Balaban J connectivity index is 1.40. The van der Waals surface area contributed by atoms with Crippen molar-refractivity contribution in [1.29, 1.82) is 0 Å². The van der Waals surface area contributed by atoms with Gasteiger partial charge in [0.25, 0.3) is 5.69 Å². The number of carbonyl (C=O) groups excluding carboxylic acids is 1. The van der Waals surface area contributed by atoms with Gasteiger partial charge in [0, 0.05) is 37.4 Å². The van der Waals surface area contributed by atoms with Gasteiger partial charge in [0.15, 0.2) is 0 Å². The zero-order chi connectivity index (χ0) is 19.1. The van der Waals surface area contributed by atoms with E-state index in [-0.39, 0.29) is 22.4 Å². The molecule has 2 heterocycles. The SMILES string of the molecule is O=C(NCCSCc1ccco1)C1CCN(c2ccccc2[N+](=O)[O-])CC1. The number of amides is 1. The van der Waals surface area contributed by atoms with E-state index in [0.29, 0.717) is 38.2 Å². The molecule has 8 heteroatoms. The number of anilines is 1. The van der Waals surface area contributed by atoms with Crippen LogP contribution in [0, 0.1) is 16.0 Å². The van der Waals surface area contributed by atoms with Gasteiger partial charge < -0.3 is 14.6 Å². The molecule has 2 aromatic rings. The van der Waals surface area contributed by atoms with E-state index in [4.69, 9.17) is 4.42 Å². The van der Waals surface area contributed by atoms with Crippen LogP contribution in [-0.4, -0.2) is 36.2 Å². The van der Waals surface area contributed by atoms with Crippen molar-refractivity contribution in [2.45, 2.75) is 18.6 Å². The van der Waals surface area contributed by atoms with Crippen LogP contribution in [0.5, 0.6) is 0 Å². The number of nitrogens with zero attached hydrogens (tertiary/aromatic N) is 2. The number of nitro groups is 1. The Hall–Kier alpha value is -2.48. The first-order chi connectivity index (χ1) is 13.1. The molecule has 0 unspecified atom stereocenters. The largest absolute Gasteiger partial charge is 0.468 e. The summed E-state index contributed by atoms with van der Waals surface area (Å²) in [7, 11) is 0.